The van der Waals surface area contributed by atoms with E-state index in [9.17, 15) is 0 Å². The molecule has 202 valence electrons. The Morgan fingerprint density at radius 2 is 0.976 bits per heavy atom. The minimum absolute atomic E-state index is 0.0569. The standard InChI is InChI=1S/C42H34/c1-29-10-14-31(15-11-29)18-20-35-26-38(42(3,4)5)27-36(21-19-32-16-12-30(2)13-17-32)41(35)37-25-24-34-23-22-33-8-6-7-9-39(33)40(34)28-37/h6-17,22-28H,1-5H3. The van der Waals surface area contributed by atoms with Gasteiger partial charge in [-0.25, -0.2) is 0 Å². The summed E-state index contributed by atoms with van der Waals surface area (Å²) in [6.45, 7) is 10.9. The quantitative estimate of drug-likeness (QED) is 0.144. The average molecular weight is 539 g/mol. The van der Waals surface area contributed by atoms with Gasteiger partial charge in [-0.05, 0) is 94.4 Å². The van der Waals surface area contributed by atoms with Crippen molar-refractivity contribution in [3.63, 3.8) is 0 Å². The summed E-state index contributed by atoms with van der Waals surface area (Å²) < 4.78 is 0. The molecule has 0 N–H and O–H groups in total. The first-order valence-corrected chi connectivity index (χ1v) is 14.5. The first kappa shape index (κ1) is 27.1. The Kier molecular flexibility index (Phi) is 7.17. The molecule has 6 rings (SSSR count). The molecule has 0 radical (unpaired) electrons. The maximum absolute atomic E-state index is 3.57. The molecule has 0 atom stereocenters. The van der Waals surface area contributed by atoms with Gasteiger partial charge in [0.1, 0.15) is 0 Å². The topological polar surface area (TPSA) is 0 Å². The maximum atomic E-state index is 3.57. The van der Waals surface area contributed by atoms with Crippen LogP contribution in [0.1, 0.15) is 59.7 Å². The third-order valence-electron chi connectivity index (χ3n) is 7.83. The number of rotatable bonds is 1. The molecule has 6 aromatic carbocycles. The first-order valence-electron chi connectivity index (χ1n) is 14.5. The van der Waals surface area contributed by atoms with Gasteiger partial charge in [-0.15, -0.1) is 0 Å². The van der Waals surface area contributed by atoms with Crippen molar-refractivity contribution >= 4 is 21.5 Å². The van der Waals surface area contributed by atoms with E-state index in [0.29, 0.717) is 0 Å². The number of hydrogen-bond donors (Lipinski definition) is 0. The van der Waals surface area contributed by atoms with Gasteiger partial charge < -0.3 is 0 Å². The second kappa shape index (κ2) is 11.1. The van der Waals surface area contributed by atoms with Crippen LogP contribution in [0.25, 0.3) is 32.7 Å². The summed E-state index contributed by atoms with van der Waals surface area (Å²) in [5.41, 5.74) is 9.83. The molecule has 0 saturated heterocycles. The molecule has 0 spiro atoms. The zero-order valence-corrected chi connectivity index (χ0v) is 25.0. The third kappa shape index (κ3) is 5.72. The maximum Gasteiger partial charge on any atom is 0.0343 e. The Morgan fingerprint density at radius 3 is 1.52 bits per heavy atom. The predicted octanol–water partition coefficient (Wildman–Crippen LogP) is 10.4. The van der Waals surface area contributed by atoms with Gasteiger partial charge in [0.15, 0.2) is 0 Å². The fourth-order valence-corrected chi connectivity index (χ4v) is 5.29. The predicted molar refractivity (Wildman–Crippen MR) is 180 cm³/mol. The van der Waals surface area contributed by atoms with Crippen LogP contribution in [0.4, 0.5) is 0 Å². The van der Waals surface area contributed by atoms with Crippen molar-refractivity contribution in [1.82, 2.24) is 0 Å². The van der Waals surface area contributed by atoms with E-state index in [4.69, 9.17) is 0 Å². The van der Waals surface area contributed by atoms with Crippen molar-refractivity contribution in [3.05, 3.63) is 154 Å². The molecule has 0 nitrogen and oxygen atoms in total. The molecule has 6 aromatic rings. The molecule has 0 aliphatic heterocycles. The van der Waals surface area contributed by atoms with Crippen LogP contribution >= 0.6 is 0 Å². The third-order valence-corrected chi connectivity index (χ3v) is 7.83. The smallest absolute Gasteiger partial charge is 0.0343 e. The average Bonchev–Trinajstić information content (AvgIpc) is 2.99. The minimum atomic E-state index is -0.0569. The van der Waals surface area contributed by atoms with Gasteiger partial charge in [-0.2, -0.15) is 0 Å². The van der Waals surface area contributed by atoms with Gasteiger partial charge in [0.2, 0.25) is 0 Å². The summed E-state index contributed by atoms with van der Waals surface area (Å²) in [5.74, 6) is 14.1. The fraction of sp³-hybridized carbons (Fsp3) is 0.143. The Labute approximate surface area is 250 Å². The Morgan fingerprint density at radius 1 is 0.476 bits per heavy atom. The Balaban J connectivity index is 1.63. The molecule has 0 saturated carbocycles. The molecule has 42 heavy (non-hydrogen) atoms. The number of hydrogen-bond acceptors (Lipinski definition) is 0. The van der Waals surface area contributed by atoms with Crippen LogP contribution in [0.2, 0.25) is 0 Å². The highest BCUT2D eigenvalue weighted by molar-refractivity contribution is 6.09. The van der Waals surface area contributed by atoms with E-state index in [-0.39, 0.29) is 5.41 Å². The molecular formula is C42H34. The molecule has 0 amide bonds. The van der Waals surface area contributed by atoms with Gasteiger partial charge >= 0.3 is 0 Å². The fourth-order valence-electron chi connectivity index (χ4n) is 5.29. The van der Waals surface area contributed by atoms with Crippen molar-refractivity contribution in [3.8, 4) is 34.8 Å². The van der Waals surface area contributed by atoms with Crippen LogP contribution < -0.4 is 0 Å². The highest BCUT2D eigenvalue weighted by atomic mass is 14.2. The van der Waals surface area contributed by atoms with Gasteiger partial charge in [0.05, 0.1) is 0 Å². The summed E-state index contributed by atoms with van der Waals surface area (Å²) >= 11 is 0. The summed E-state index contributed by atoms with van der Waals surface area (Å²) in [7, 11) is 0. The first-order chi connectivity index (χ1) is 20.2. The van der Waals surface area contributed by atoms with E-state index in [2.05, 4.69) is 174 Å². The highest BCUT2D eigenvalue weighted by Crippen LogP contribution is 2.36. The van der Waals surface area contributed by atoms with Crippen molar-refractivity contribution in [2.45, 2.75) is 40.0 Å². The lowest BCUT2D eigenvalue weighted by atomic mass is 9.82. The van der Waals surface area contributed by atoms with E-state index < -0.39 is 0 Å². The van der Waals surface area contributed by atoms with Crippen molar-refractivity contribution in [2.75, 3.05) is 0 Å². The second-order valence-electron chi connectivity index (χ2n) is 12.2. The normalized spacial score (nSPS) is 11.1. The van der Waals surface area contributed by atoms with Crippen molar-refractivity contribution < 1.29 is 0 Å². The largest absolute Gasteiger partial charge is 0.0616 e. The van der Waals surface area contributed by atoms with Crippen molar-refractivity contribution in [2.24, 2.45) is 0 Å². The monoisotopic (exact) mass is 538 g/mol. The van der Waals surface area contributed by atoms with Gasteiger partial charge in [-0.1, -0.05) is 128 Å². The highest BCUT2D eigenvalue weighted by Gasteiger charge is 2.19. The minimum Gasteiger partial charge on any atom is -0.0616 e. The van der Waals surface area contributed by atoms with E-state index in [1.165, 1.54) is 38.2 Å². The van der Waals surface area contributed by atoms with E-state index in [1.807, 2.05) is 0 Å². The SMILES string of the molecule is Cc1ccc(C#Cc2cc(C(C)(C)C)cc(C#Cc3ccc(C)cc3)c2-c2ccc3ccc4ccccc4c3c2)cc1. The van der Waals surface area contributed by atoms with Gasteiger partial charge in [-0.3, -0.25) is 0 Å². The van der Waals surface area contributed by atoms with Crippen LogP contribution in [0.3, 0.4) is 0 Å². The van der Waals surface area contributed by atoms with Crippen LogP contribution in [0, 0.1) is 37.5 Å². The molecule has 0 unspecified atom stereocenters. The summed E-state index contributed by atoms with van der Waals surface area (Å²) in [6.07, 6.45) is 0. The zero-order chi connectivity index (χ0) is 29.3. The molecule has 0 bridgehead atoms. The van der Waals surface area contributed by atoms with Crippen LogP contribution in [-0.4, -0.2) is 0 Å². The van der Waals surface area contributed by atoms with Crippen LogP contribution in [0.5, 0.6) is 0 Å². The van der Waals surface area contributed by atoms with Gasteiger partial charge in [0, 0.05) is 27.8 Å². The number of aryl methyl sites for hydroxylation is 2. The molecule has 0 heteroatoms. The molecule has 0 aliphatic rings. The number of fused-ring (bicyclic) bond motifs is 3. The lowest BCUT2D eigenvalue weighted by molar-refractivity contribution is 0.590. The summed E-state index contributed by atoms with van der Waals surface area (Å²) in [6, 6.07) is 41.1. The molecule has 0 aromatic heterocycles. The lowest BCUT2D eigenvalue weighted by Crippen LogP contribution is -2.12. The second-order valence-corrected chi connectivity index (χ2v) is 12.2. The molecular weight excluding hydrogens is 504 g/mol. The van der Waals surface area contributed by atoms with E-state index in [1.54, 1.807) is 0 Å². The zero-order valence-electron chi connectivity index (χ0n) is 25.0. The molecule has 0 fully saturated rings. The lowest BCUT2D eigenvalue weighted by Gasteiger charge is -2.22. The van der Waals surface area contributed by atoms with E-state index >= 15 is 0 Å². The number of benzene rings is 6. The summed E-state index contributed by atoms with van der Waals surface area (Å²) in [4.78, 5) is 0. The molecule has 0 aliphatic carbocycles. The Bertz CT molecular complexity index is 1970. The van der Waals surface area contributed by atoms with Crippen molar-refractivity contribution in [1.29, 1.82) is 0 Å². The molecule has 0 heterocycles. The van der Waals surface area contributed by atoms with Crippen LogP contribution in [-0.2, 0) is 5.41 Å². The van der Waals surface area contributed by atoms with Crippen LogP contribution in [0.15, 0.2) is 115 Å². The Hall–Kier alpha value is -5.04. The van der Waals surface area contributed by atoms with E-state index in [0.717, 1.165) is 33.4 Å². The van der Waals surface area contributed by atoms with Gasteiger partial charge in [0.25, 0.3) is 0 Å². The summed E-state index contributed by atoms with van der Waals surface area (Å²) in [5, 5.41) is 4.95.